The Balaban J connectivity index is 2.08. The fraction of sp³-hybridized carbons (Fsp3) is 0.562. The zero-order valence-electron chi connectivity index (χ0n) is 14.7. The summed E-state index contributed by atoms with van der Waals surface area (Å²) in [6.45, 7) is 1.53. The van der Waals surface area contributed by atoms with E-state index < -0.39 is 0 Å². The minimum Gasteiger partial charge on any atom is -0.481 e. The number of carbonyl (C=O) groups is 2. The Morgan fingerprint density at radius 1 is 1.08 bits per heavy atom. The van der Waals surface area contributed by atoms with Gasteiger partial charge in [-0.15, -0.1) is 0 Å². The summed E-state index contributed by atoms with van der Waals surface area (Å²) in [5, 5.41) is 2.80. The minimum absolute atomic E-state index is 0.106. The van der Waals surface area contributed by atoms with Crippen LogP contribution in [0.5, 0.6) is 11.8 Å². The summed E-state index contributed by atoms with van der Waals surface area (Å²) in [5.74, 6) is -0.133. The lowest BCUT2D eigenvalue weighted by atomic mass is 10.2. The van der Waals surface area contributed by atoms with Gasteiger partial charge in [0.25, 0.3) is 11.8 Å². The largest absolute Gasteiger partial charge is 0.481 e. The van der Waals surface area contributed by atoms with E-state index in [-0.39, 0.29) is 29.9 Å². The van der Waals surface area contributed by atoms with Crippen molar-refractivity contribution in [1.29, 1.82) is 0 Å². The summed E-state index contributed by atoms with van der Waals surface area (Å²) in [6.07, 6.45) is 0.696. The van der Waals surface area contributed by atoms with E-state index in [1.807, 2.05) is 0 Å². The van der Waals surface area contributed by atoms with Crippen LogP contribution in [0.2, 0.25) is 0 Å². The van der Waals surface area contributed by atoms with Gasteiger partial charge in [0, 0.05) is 26.3 Å². The van der Waals surface area contributed by atoms with Crippen molar-refractivity contribution in [2.45, 2.75) is 6.42 Å². The standard InChI is InChI=1S/C16H23N3O6/c1-22-9-10-25-11-14(20)18-7-4-8-19(18)16(21)12-5-6-13(23-2)17-15(12)24-3/h5-6H,4,7-11H2,1-3H3. The van der Waals surface area contributed by atoms with Gasteiger partial charge >= 0.3 is 0 Å². The van der Waals surface area contributed by atoms with Gasteiger partial charge in [0.1, 0.15) is 12.2 Å². The Hall–Kier alpha value is -2.39. The lowest BCUT2D eigenvalue weighted by molar-refractivity contribution is -0.146. The third-order valence-corrected chi connectivity index (χ3v) is 3.68. The molecule has 1 aliphatic heterocycles. The Morgan fingerprint density at radius 3 is 2.52 bits per heavy atom. The van der Waals surface area contributed by atoms with Gasteiger partial charge in [-0.3, -0.25) is 9.59 Å². The van der Waals surface area contributed by atoms with Gasteiger partial charge in [0.2, 0.25) is 11.8 Å². The monoisotopic (exact) mass is 353 g/mol. The van der Waals surface area contributed by atoms with Crippen LogP contribution >= 0.6 is 0 Å². The Labute approximate surface area is 146 Å². The maximum atomic E-state index is 12.8. The van der Waals surface area contributed by atoms with Crippen LogP contribution in [0.25, 0.3) is 0 Å². The highest BCUT2D eigenvalue weighted by atomic mass is 16.5. The fourth-order valence-electron chi connectivity index (χ4n) is 2.45. The second-order valence-corrected chi connectivity index (χ2v) is 5.25. The highest BCUT2D eigenvalue weighted by Crippen LogP contribution is 2.24. The van der Waals surface area contributed by atoms with E-state index in [1.54, 1.807) is 19.2 Å². The van der Waals surface area contributed by atoms with E-state index in [0.717, 1.165) is 0 Å². The zero-order valence-corrected chi connectivity index (χ0v) is 14.7. The SMILES string of the molecule is COCCOCC(=O)N1CCCN1C(=O)c1ccc(OC)nc1OC. The topological polar surface area (TPSA) is 90.4 Å². The number of hydrogen-bond acceptors (Lipinski definition) is 7. The average Bonchev–Trinajstić information content (AvgIpc) is 3.13. The van der Waals surface area contributed by atoms with Gasteiger partial charge in [-0.05, 0) is 12.5 Å². The first-order valence-corrected chi connectivity index (χ1v) is 7.90. The first kappa shape index (κ1) is 18.9. The van der Waals surface area contributed by atoms with Crippen molar-refractivity contribution in [2.24, 2.45) is 0 Å². The first-order chi connectivity index (χ1) is 12.1. The lowest BCUT2D eigenvalue weighted by Gasteiger charge is -2.28. The van der Waals surface area contributed by atoms with Crippen molar-refractivity contribution >= 4 is 11.8 Å². The van der Waals surface area contributed by atoms with E-state index in [0.29, 0.717) is 38.6 Å². The van der Waals surface area contributed by atoms with Crippen molar-refractivity contribution in [1.82, 2.24) is 15.0 Å². The summed E-state index contributed by atoms with van der Waals surface area (Å²) in [5.41, 5.74) is 0.267. The average molecular weight is 353 g/mol. The summed E-state index contributed by atoms with van der Waals surface area (Å²) in [4.78, 5) is 29.2. The number of amides is 2. The van der Waals surface area contributed by atoms with Crippen LogP contribution in [-0.2, 0) is 14.3 Å². The number of methoxy groups -OCH3 is 3. The van der Waals surface area contributed by atoms with Crippen LogP contribution in [0.3, 0.4) is 0 Å². The second kappa shape index (κ2) is 9.19. The van der Waals surface area contributed by atoms with Crippen molar-refractivity contribution in [2.75, 3.05) is 54.2 Å². The van der Waals surface area contributed by atoms with Gasteiger partial charge < -0.3 is 18.9 Å². The molecule has 0 atom stereocenters. The molecule has 25 heavy (non-hydrogen) atoms. The van der Waals surface area contributed by atoms with Crippen LogP contribution in [0, 0.1) is 0 Å². The molecule has 138 valence electrons. The van der Waals surface area contributed by atoms with Crippen molar-refractivity contribution in [3.63, 3.8) is 0 Å². The Morgan fingerprint density at radius 2 is 1.84 bits per heavy atom. The smallest absolute Gasteiger partial charge is 0.277 e. The van der Waals surface area contributed by atoms with Crippen LogP contribution in [0.1, 0.15) is 16.8 Å². The van der Waals surface area contributed by atoms with E-state index >= 15 is 0 Å². The van der Waals surface area contributed by atoms with Gasteiger partial charge in [0.15, 0.2) is 0 Å². The van der Waals surface area contributed by atoms with Crippen molar-refractivity contribution in [3.8, 4) is 11.8 Å². The van der Waals surface area contributed by atoms with E-state index in [4.69, 9.17) is 18.9 Å². The quantitative estimate of drug-likeness (QED) is 0.623. The molecule has 0 spiro atoms. The molecule has 0 aliphatic carbocycles. The molecule has 1 aliphatic rings. The summed E-state index contributed by atoms with van der Waals surface area (Å²) in [7, 11) is 4.46. The molecule has 2 amide bonds. The maximum absolute atomic E-state index is 12.8. The Kier molecular flexibility index (Phi) is 6.96. The van der Waals surface area contributed by atoms with Crippen LogP contribution in [-0.4, -0.2) is 81.1 Å². The lowest BCUT2D eigenvalue weighted by Crippen LogP contribution is -2.46. The van der Waals surface area contributed by atoms with Gasteiger partial charge in [-0.1, -0.05) is 0 Å². The molecule has 9 heteroatoms. The van der Waals surface area contributed by atoms with Gasteiger partial charge in [-0.2, -0.15) is 4.98 Å². The number of aromatic nitrogens is 1. The fourth-order valence-corrected chi connectivity index (χ4v) is 2.45. The number of carbonyl (C=O) groups excluding carboxylic acids is 2. The predicted octanol–water partition coefficient (Wildman–Crippen LogP) is 0.351. The molecule has 1 aromatic rings. The summed E-state index contributed by atoms with van der Waals surface area (Å²) >= 11 is 0. The number of nitrogens with zero attached hydrogens (tertiary/aromatic N) is 3. The van der Waals surface area contributed by atoms with Crippen LogP contribution < -0.4 is 9.47 Å². The van der Waals surface area contributed by atoms with Crippen molar-refractivity contribution < 1.29 is 28.5 Å². The summed E-state index contributed by atoms with van der Waals surface area (Å²) < 4.78 is 20.3. The summed E-state index contributed by atoms with van der Waals surface area (Å²) in [6, 6.07) is 3.15. The molecular formula is C16H23N3O6. The first-order valence-electron chi connectivity index (χ1n) is 7.90. The molecule has 0 bridgehead atoms. The van der Waals surface area contributed by atoms with Crippen LogP contribution in [0.15, 0.2) is 12.1 Å². The maximum Gasteiger partial charge on any atom is 0.277 e. The molecule has 1 aromatic heterocycles. The highest BCUT2D eigenvalue weighted by molar-refractivity contribution is 5.97. The van der Waals surface area contributed by atoms with E-state index in [9.17, 15) is 9.59 Å². The molecule has 0 unspecified atom stereocenters. The molecule has 1 saturated heterocycles. The predicted molar refractivity (Wildman–Crippen MR) is 87.4 cm³/mol. The molecule has 2 rings (SSSR count). The van der Waals surface area contributed by atoms with Gasteiger partial charge in [0.05, 0.1) is 27.4 Å². The normalized spacial score (nSPS) is 13.9. The molecular weight excluding hydrogens is 330 g/mol. The van der Waals surface area contributed by atoms with Crippen molar-refractivity contribution in [3.05, 3.63) is 17.7 Å². The van der Waals surface area contributed by atoms with Gasteiger partial charge in [-0.25, -0.2) is 10.0 Å². The number of ether oxygens (including phenoxy) is 4. The Bertz CT molecular complexity index is 610. The third kappa shape index (κ3) is 4.58. The zero-order chi connectivity index (χ0) is 18.2. The molecule has 0 saturated carbocycles. The van der Waals surface area contributed by atoms with E-state index in [2.05, 4.69) is 4.98 Å². The number of hydrogen-bond donors (Lipinski definition) is 0. The second-order valence-electron chi connectivity index (χ2n) is 5.25. The molecule has 9 nitrogen and oxygen atoms in total. The number of hydrazine groups is 1. The minimum atomic E-state index is -0.352. The molecule has 1 fully saturated rings. The molecule has 0 aromatic carbocycles. The molecule has 0 radical (unpaired) electrons. The van der Waals surface area contributed by atoms with Crippen LogP contribution in [0.4, 0.5) is 0 Å². The van der Waals surface area contributed by atoms with E-state index in [1.165, 1.54) is 24.2 Å². The molecule has 2 heterocycles. The number of pyridine rings is 1. The highest BCUT2D eigenvalue weighted by Gasteiger charge is 2.33. The third-order valence-electron chi connectivity index (χ3n) is 3.68. The number of rotatable bonds is 8. The molecule has 0 N–H and O–H groups in total.